The van der Waals surface area contributed by atoms with Crippen LogP contribution < -0.4 is 10.1 Å². The average Bonchev–Trinajstić information content (AvgIpc) is 2.95. The maximum atomic E-state index is 11.9. The molecule has 124 valence electrons. The van der Waals surface area contributed by atoms with E-state index >= 15 is 0 Å². The SMILES string of the molecule is Cc1nc2ccc(NC(=O)COCCOc3ccccc3)cc2o1. The van der Waals surface area contributed by atoms with Crippen LogP contribution in [0.1, 0.15) is 5.89 Å². The van der Waals surface area contributed by atoms with E-state index in [9.17, 15) is 4.79 Å². The van der Waals surface area contributed by atoms with Crippen LogP contribution in [0.5, 0.6) is 5.75 Å². The van der Waals surface area contributed by atoms with Crippen molar-refractivity contribution in [1.82, 2.24) is 4.98 Å². The van der Waals surface area contributed by atoms with Gasteiger partial charge in [-0.3, -0.25) is 4.79 Å². The molecule has 1 N–H and O–H groups in total. The lowest BCUT2D eigenvalue weighted by atomic mass is 10.3. The number of benzene rings is 2. The third-order valence-corrected chi connectivity index (χ3v) is 3.25. The highest BCUT2D eigenvalue weighted by molar-refractivity contribution is 5.93. The highest BCUT2D eigenvalue weighted by Gasteiger charge is 2.06. The summed E-state index contributed by atoms with van der Waals surface area (Å²) < 4.78 is 16.2. The van der Waals surface area contributed by atoms with Crippen molar-refractivity contribution < 1.29 is 18.7 Å². The van der Waals surface area contributed by atoms with Crippen LogP contribution >= 0.6 is 0 Å². The van der Waals surface area contributed by atoms with Gasteiger partial charge in [-0.25, -0.2) is 4.98 Å². The number of nitrogens with zero attached hydrogens (tertiary/aromatic N) is 1. The summed E-state index contributed by atoms with van der Waals surface area (Å²) in [5, 5.41) is 2.76. The van der Waals surface area contributed by atoms with Gasteiger partial charge < -0.3 is 19.2 Å². The van der Waals surface area contributed by atoms with E-state index in [-0.39, 0.29) is 12.5 Å². The number of oxazole rings is 1. The first-order valence-electron chi connectivity index (χ1n) is 7.63. The topological polar surface area (TPSA) is 73.6 Å². The molecule has 0 atom stereocenters. The summed E-state index contributed by atoms with van der Waals surface area (Å²) in [6.45, 7) is 2.47. The molecular formula is C18H18N2O4. The molecule has 1 heterocycles. The second kappa shape index (κ2) is 7.61. The van der Waals surface area contributed by atoms with Crippen molar-refractivity contribution in [3.8, 4) is 5.75 Å². The Kier molecular flexibility index (Phi) is 5.08. The lowest BCUT2D eigenvalue weighted by molar-refractivity contribution is -0.120. The van der Waals surface area contributed by atoms with Gasteiger partial charge in [-0.1, -0.05) is 18.2 Å². The molecule has 0 aliphatic heterocycles. The number of hydrogen-bond donors (Lipinski definition) is 1. The van der Waals surface area contributed by atoms with E-state index in [2.05, 4.69) is 10.3 Å². The van der Waals surface area contributed by atoms with Crippen molar-refractivity contribution in [3.63, 3.8) is 0 Å². The number of hydrogen-bond acceptors (Lipinski definition) is 5. The highest BCUT2D eigenvalue weighted by atomic mass is 16.5. The molecule has 0 bridgehead atoms. The smallest absolute Gasteiger partial charge is 0.250 e. The summed E-state index contributed by atoms with van der Waals surface area (Å²) in [4.78, 5) is 16.1. The zero-order chi connectivity index (χ0) is 16.8. The van der Waals surface area contributed by atoms with Gasteiger partial charge in [0.25, 0.3) is 0 Å². The number of para-hydroxylation sites is 1. The quantitative estimate of drug-likeness (QED) is 0.675. The number of carbonyl (C=O) groups is 1. The number of aryl methyl sites for hydroxylation is 1. The summed E-state index contributed by atoms with van der Waals surface area (Å²) in [5.41, 5.74) is 2.05. The largest absolute Gasteiger partial charge is 0.491 e. The third kappa shape index (κ3) is 4.33. The Morgan fingerprint density at radius 1 is 1.17 bits per heavy atom. The van der Waals surface area contributed by atoms with Crippen LogP contribution in [0.15, 0.2) is 52.9 Å². The molecule has 0 spiro atoms. The van der Waals surface area contributed by atoms with Gasteiger partial charge >= 0.3 is 0 Å². The first-order valence-corrected chi connectivity index (χ1v) is 7.63. The van der Waals surface area contributed by atoms with Gasteiger partial charge in [0.2, 0.25) is 5.91 Å². The molecule has 0 unspecified atom stereocenters. The Labute approximate surface area is 139 Å². The number of aromatic nitrogens is 1. The predicted molar refractivity (Wildman–Crippen MR) is 90.1 cm³/mol. The second-order valence-corrected chi connectivity index (χ2v) is 5.18. The van der Waals surface area contributed by atoms with Crippen molar-refractivity contribution >= 4 is 22.7 Å². The molecule has 24 heavy (non-hydrogen) atoms. The summed E-state index contributed by atoms with van der Waals surface area (Å²) in [7, 11) is 0. The predicted octanol–water partition coefficient (Wildman–Crippen LogP) is 3.17. The molecule has 0 saturated carbocycles. The van der Waals surface area contributed by atoms with Crippen molar-refractivity contribution in [2.45, 2.75) is 6.92 Å². The summed E-state index contributed by atoms with van der Waals surface area (Å²) in [6, 6.07) is 14.8. The van der Waals surface area contributed by atoms with Crippen molar-refractivity contribution in [3.05, 3.63) is 54.4 Å². The van der Waals surface area contributed by atoms with Gasteiger partial charge in [0.15, 0.2) is 11.5 Å². The molecule has 0 fully saturated rings. The van der Waals surface area contributed by atoms with Gasteiger partial charge in [-0.15, -0.1) is 0 Å². The maximum Gasteiger partial charge on any atom is 0.250 e. The molecule has 3 rings (SSSR count). The molecule has 0 saturated heterocycles. The molecule has 6 heteroatoms. The van der Waals surface area contributed by atoms with Crippen LogP contribution in [0.2, 0.25) is 0 Å². The third-order valence-electron chi connectivity index (χ3n) is 3.25. The first kappa shape index (κ1) is 16.0. The standard InChI is InChI=1S/C18H18N2O4/c1-13-19-16-8-7-14(11-17(16)24-13)20-18(21)12-22-9-10-23-15-5-3-2-4-6-15/h2-8,11H,9-10,12H2,1H3,(H,20,21). The molecule has 3 aromatic rings. The number of ether oxygens (including phenoxy) is 2. The molecule has 2 aromatic carbocycles. The molecule has 6 nitrogen and oxygen atoms in total. The Balaban J connectivity index is 1.40. The highest BCUT2D eigenvalue weighted by Crippen LogP contribution is 2.19. The summed E-state index contributed by atoms with van der Waals surface area (Å²) in [5.74, 6) is 1.14. The van der Waals surface area contributed by atoms with Gasteiger partial charge in [0, 0.05) is 18.7 Å². The van der Waals surface area contributed by atoms with E-state index < -0.39 is 0 Å². The molecule has 0 aliphatic rings. The van der Waals surface area contributed by atoms with Gasteiger partial charge in [0.1, 0.15) is 24.5 Å². The Hall–Kier alpha value is -2.86. The summed E-state index contributed by atoms with van der Waals surface area (Å²) in [6.07, 6.45) is 0. The number of fused-ring (bicyclic) bond motifs is 1. The van der Waals surface area contributed by atoms with Crippen molar-refractivity contribution in [2.75, 3.05) is 25.1 Å². The Bertz CT molecular complexity index is 814. The second-order valence-electron chi connectivity index (χ2n) is 5.18. The van der Waals surface area contributed by atoms with Crippen molar-refractivity contribution in [2.24, 2.45) is 0 Å². The minimum atomic E-state index is -0.231. The Morgan fingerprint density at radius 2 is 2.00 bits per heavy atom. The van der Waals surface area contributed by atoms with Crippen LogP contribution in [0.25, 0.3) is 11.1 Å². The number of nitrogens with one attached hydrogen (secondary N) is 1. The van der Waals surface area contributed by atoms with Crippen molar-refractivity contribution in [1.29, 1.82) is 0 Å². The Morgan fingerprint density at radius 3 is 2.83 bits per heavy atom. The van der Waals surface area contributed by atoms with E-state index in [0.717, 1.165) is 11.3 Å². The fourth-order valence-electron chi connectivity index (χ4n) is 2.21. The number of anilines is 1. The molecule has 1 aromatic heterocycles. The molecule has 0 radical (unpaired) electrons. The van der Waals surface area contributed by atoms with Gasteiger partial charge in [-0.05, 0) is 24.3 Å². The van der Waals surface area contributed by atoms with E-state index in [1.807, 2.05) is 30.3 Å². The fourth-order valence-corrected chi connectivity index (χ4v) is 2.21. The number of rotatable bonds is 7. The van der Waals surface area contributed by atoms with E-state index in [4.69, 9.17) is 13.9 Å². The van der Waals surface area contributed by atoms with Crippen LogP contribution in [0.4, 0.5) is 5.69 Å². The molecular weight excluding hydrogens is 308 g/mol. The van der Waals surface area contributed by atoms with E-state index in [1.165, 1.54) is 0 Å². The maximum absolute atomic E-state index is 11.9. The lowest BCUT2D eigenvalue weighted by Gasteiger charge is -2.07. The summed E-state index contributed by atoms with van der Waals surface area (Å²) >= 11 is 0. The lowest BCUT2D eigenvalue weighted by Crippen LogP contribution is -2.20. The average molecular weight is 326 g/mol. The zero-order valence-corrected chi connectivity index (χ0v) is 13.3. The van der Waals surface area contributed by atoms with Crippen LogP contribution in [0.3, 0.4) is 0 Å². The van der Waals surface area contributed by atoms with Gasteiger partial charge in [-0.2, -0.15) is 0 Å². The zero-order valence-electron chi connectivity index (χ0n) is 13.3. The monoisotopic (exact) mass is 326 g/mol. The van der Waals surface area contributed by atoms with Gasteiger partial charge in [0.05, 0.1) is 6.61 Å². The molecule has 0 aliphatic carbocycles. The fraction of sp³-hybridized carbons (Fsp3) is 0.222. The minimum absolute atomic E-state index is 0.0361. The molecule has 1 amide bonds. The number of carbonyl (C=O) groups excluding carboxylic acids is 1. The van der Waals surface area contributed by atoms with E-state index in [1.54, 1.807) is 25.1 Å². The van der Waals surface area contributed by atoms with E-state index in [0.29, 0.717) is 30.4 Å². The van der Waals surface area contributed by atoms with Crippen LogP contribution in [-0.4, -0.2) is 30.7 Å². The number of amides is 1. The minimum Gasteiger partial charge on any atom is -0.491 e. The van der Waals surface area contributed by atoms with Crippen LogP contribution in [-0.2, 0) is 9.53 Å². The van der Waals surface area contributed by atoms with Crippen LogP contribution in [0, 0.1) is 6.92 Å². The normalized spacial score (nSPS) is 10.7. The first-order chi connectivity index (χ1) is 11.7.